The van der Waals surface area contributed by atoms with Crippen molar-refractivity contribution in [1.29, 1.82) is 0 Å². The van der Waals surface area contributed by atoms with E-state index in [1.165, 1.54) is 0 Å². The molecule has 1 heterocycles. The van der Waals surface area contributed by atoms with E-state index in [0.717, 1.165) is 0 Å². The van der Waals surface area contributed by atoms with Gasteiger partial charge in [0.05, 0.1) is 12.6 Å². The molecule has 5 nitrogen and oxygen atoms in total. The molecule has 0 saturated carbocycles. The van der Waals surface area contributed by atoms with Crippen LogP contribution in [0.5, 0.6) is 0 Å². The molecule has 86 valence electrons. The first-order valence-electron chi connectivity index (χ1n) is 5.03. The summed E-state index contributed by atoms with van der Waals surface area (Å²) in [6.07, 6.45) is -0.664. The van der Waals surface area contributed by atoms with Gasteiger partial charge in [0.25, 0.3) is 0 Å². The van der Waals surface area contributed by atoms with Crippen molar-refractivity contribution < 1.29 is 19.4 Å². The highest BCUT2D eigenvalue weighted by Crippen LogP contribution is 2.29. The molecular formula is C10H17NO4. The summed E-state index contributed by atoms with van der Waals surface area (Å²) in [5, 5.41) is 10.9. The number of epoxide rings is 1. The zero-order valence-corrected chi connectivity index (χ0v) is 9.24. The predicted octanol–water partition coefficient (Wildman–Crippen LogP) is 1.03. The van der Waals surface area contributed by atoms with Crippen LogP contribution in [0, 0.1) is 5.92 Å². The summed E-state index contributed by atoms with van der Waals surface area (Å²) in [5.74, 6) is 0.0896. The van der Waals surface area contributed by atoms with E-state index in [-0.39, 0.29) is 11.7 Å². The molecule has 1 fully saturated rings. The Labute approximate surface area is 88.8 Å². The van der Waals surface area contributed by atoms with Crippen LogP contribution in [0.15, 0.2) is 0 Å². The summed E-state index contributed by atoms with van der Waals surface area (Å²) >= 11 is 0. The second-order valence-electron chi connectivity index (χ2n) is 4.52. The van der Waals surface area contributed by atoms with Gasteiger partial charge in [0.15, 0.2) is 5.78 Å². The quantitative estimate of drug-likeness (QED) is 0.671. The Morgan fingerprint density at radius 1 is 1.53 bits per heavy atom. The second kappa shape index (κ2) is 4.18. The molecule has 5 heteroatoms. The first kappa shape index (κ1) is 12.0. The minimum absolute atomic E-state index is 0.168. The molecule has 0 aromatic rings. The van der Waals surface area contributed by atoms with Gasteiger partial charge in [-0.2, -0.15) is 0 Å². The van der Waals surface area contributed by atoms with E-state index in [0.29, 0.717) is 13.0 Å². The molecule has 2 N–H and O–H groups in total. The molecule has 0 radical (unpaired) electrons. The fourth-order valence-electron chi connectivity index (χ4n) is 1.47. The molecule has 15 heavy (non-hydrogen) atoms. The average molecular weight is 215 g/mol. The van der Waals surface area contributed by atoms with Crippen molar-refractivity contribution in [3.05, 3.63) is 0 Å². The summed E-state index contributed by atoms with van der Waals surface area (Å²) in [4.78, 5) is 22.4. The minimum Gasteiger partial charge on any atom is -0.465 e. The van der Waals surface area contributed by atoms with Gasteiger partial charge in [0, 0.05) is 0 Å². The molecule has 0 bridgehead atoms. The molecule has 0 aromatic heterocycles. The fourth-order valence-corrected chi connectivity index (χ4v) is 1.47. The molecule has 1 amide bonds. The Morgan fingerprint density at radius 2 is 2.07 bits per heavy atom. The lowest BCUT2D eigenvalue weighted by molar-refractivity contribution is -0.125. The molecule has 1 rings (SSSR count). The number of ether oxygens (including phenoxy) is 1. The van der Waals surface area contributed by atoms with E-state index in [4.69, 9.17) is 9.84 Å². The number of hydrogen-bond donors (Lipinski definition) is 2. The molecule has 0 aliphatic carbocycles. The predicted molar refractivity (Wildman–Crippen MR) is 53.8 cm³/mol. The van der Waals surface area contributed by atoms with Crippen LogP contribution in [0.1, 0.15) is 27.2 Å². The van der Waals surface area contributed by atoms with Crippen molar-refractivity contribution in [3.8, 4) is 0 Å². The first-order valence-corrected chi connectivity index (χ1v) is 5.03. The zero-order valence-electron chi connectivity index (χ0n) is 9.24. The van der Waals surface area contributed by atoms with Crippen LogP contribution < -0.4 is 5.32 Å². The van der Waals surface area contributed by atoms with Gasteiger partial charge in [0.2, 0.25) is 0 Å². The molecule has 2 atom stereocenters. The third-order valence-electron chi connectivity index (χ3n) is 2.42. The molecule has 0 aromatic carbocycles. The number of nitrogens with one attached hydrogen (secondary N) is 1. The lowest BCUT2D eigenvalue weighted by atomic mass is 9.94. The number of carbonyl (C=O) groups excluding carboxylic acids is 1. The Balaban J connectivity index is 2.62. The SMILES string of the molecule is CC(C)C[C@@H](NC(=O)O)C(=O)[C@@]1(C)CO1. The highest BCUT2D eigenvalue weighted by atomic mass is 16.6. The smallest absolute Gasteiger partial charge is 0.405 e. The monoisotopic (exact) mass is 215 g/mol. The summed E-state index contributed by atoms with van der Waals surface area (Å²) in [6, 6.07) is -0.657. The Kier molecular flexibility index (Phi) is 3.34. The maximum atomic E-state index is 11.8. The highest BCUT2D eigenvalue weighted by Gasteiger charge is 2.50. The van der Waals surface area contributed by atoms with Gasteiger partial charge in [-0.05, 0) is 19.3 Å². The van der Waals surface area contributed by atoms with E-state index < -0.39 is 17.7 Å². The molecule has 0 spiro atoms. The van der Waals surface area contributed by atoms with E-state index in [1.807, 2.05) is 13.8 Å². The number of amides is 1. The maximum absolute atomic E-state index is 11.8. The lowest BCUT2D eigenvalue weighted by Crippen LogP contribution is -2.46. The fraction of sp³-hybridized carbons (Fsp3) is 0.800. The third-order valence-corrected chi connectivity index (χ3v) is 2.42. The van der Waals surface area contributed by atoms with Gasteiger partial charge >= 0.3 is 6.09 Å². The number of ketones is 1. The topological polar surface area (TPSA) is 78.9 Å². The number of carboxylic acid groups (broad SMARTS) is 1. The van der Waals surface area contributed by atoms with E-state index in [1.54, 1.807) is 6.92 Å². The average Bonchev–Trinajstić information content (AvgIpc) is 2.81. The van der Waals surface area contributed by atoms with Crippen LogP contribution in [0.25, 0.3) is 0 Å². The summed E-state index contributed by atoms with van der Waals surface area (Å²) in [5.41, 5.74) is -0.762. The lowest BCUT2D eigenvalue weighted by Gasteiger charge is -2.19. The van der Waals surface area contributed by atoms with Gasteiger partial charge in [-0.25, -0.2) is 4.79 Å². The molecule has 1 aliphatic rings. The summed E-state index contributed by atoms with van der Waals surface area (Å²) < 4.78 is 5.02. The van der Waals surface area contributed by atoms with E-state index >= 15 is 0 Å². The van der Waals surface area contributed by atoms with Crippen molar-refractivity contribution in [1.82, 2.24) is 5.32 Å². The zero-order chi connectivity index (χ0) is 11.6. The second-order valence-corrected chi connectivity index (χ2v) is 4.52. The Morgan fingerprint density at radius 3 is 2.40 bits per heavy atom. The van der Waals surface area contributed by atoms with Crippen molar-refractivity contribution >= 4 is 11.9 Å². The van der Waals surface area contributed by atoms with E-state index in [9.17, 15) is 9.59 Å². The minimum atomic E-state index is -1.17. The third kappa shape index (κ3) is 3.20. The Bertz CT molecular complexity index is 271. The normalized spacial score (nSPS) is 26.1. The van der Waals surface area contributed by atoms with Gasteiger partial charge in [-0.15, -0.1) is 0 Å². The van der Waals surface area contributed by atoms with Crippen molar-refractivity contribution in [2.45, 2.75) is 38.8 Å². The molecule has 0 unspecified atom stereocenters. The summed E-state index contributed by atoms with van der Waals surface area (Å²) in [6.45, 7) is 5.97. The highest BCUT2D eigenvalue weighted by molar-refractivity contribution is 5.95. The van der Waals surface area contributed by atoms with Crippen LogP contribution >= 0.6 is 0 Å². The number of hydrogen-bond acceptors (Lipinski definition) is 3. The standard InChI is InChI=1S/C10H17NO4/c1-6(2)4-7(11-9(13)14)8(12)10(3)5-15-10/h6-7,11H,4-5H2,1-3H3,(H,13,14)/t7-,10-/m1/s1. The van der Waals surface area contributed by atoms with Gasteiger partial charge in [-0.3, -0.25) is 4.79 Å². The van der Waals surface area contributed by atoms with Crippen molar-refractivity contribution in [3.63, 3.8) is 0 Å². The van der Waals surface area contributed by atoms with Gasteiger partial charge < -0.3 is 15.2 Å². The van der Waals surface area contributed by atoms with Crippen LogP contribution in [0.2, 0.25) is 0 Å². The number of Topliss-reactive ketones (excluding diaryl/α,β-unsaturated/α-hetero) is 1. The first-order chi connectivity index (χ1) is 6.85. The maximum Gasteiger partial charge on any atom is 0.405 e. The number of carbonyl (C=O) groups is 2. The van der Waals surface area contributed by atoms with Crippen molar-refractivity contribution in [2.24, 2.45) is 5.92 Å². The Hall–Kier alpha value is -1.10. The van der Waals surface area contributed by atoms with Crippen molar-refractivity contribution in [2.75, 3.05) is 6.61 Å². The van der Waals surface area contributed by atoms with Crippen LogP contribution in [-0.4, -0.2) is 35.2 Å². The molecule has 1 saturated heterocycles. The van der Waals surface area contributed by atoms with Gasteiger partial charge in [-0.1, -0.05) is 13.8 Å². The van der Waals surface area contributed by atoms with Crippen LogP contribution in [0.4, 0.5) is 4.79 Å². The van der Waals surface area contributed by atoms with Crippen LogP contribution in [-0.2, 0) is 9.53 Å². The number of rotatable bonds is 5. The van der Waals surface area contributed by atoms with E-state index in [2.05, 4.69) is 5.32 Å². The largest absolute Gasteiger partial charge is 0.465 e. The van der Waals surface area contributed by atoms with Crippen LogP contribution in [0.3, 0.4) is 0 Å². The molecule has 1 aliphatic heterocycles. The van der Waals surface area contributed by atoms with Gasteiger partial charge in [0.1, 0.15) is 5.60 Å². The molecular weight excluding hydrogens is 198 g/mol. The summed E-state index contributed by atoms with van der Waals surface area (Å²) in [7, 11) is 0.